The minimum Gasteiger partial charge on any atom is -0.454 e. The van der Waals surface area contributed by atoms with Crippen molar-refractivity contribution in [2.24, 2.45) is 0 Å². The normalized spacial score (nSPS) is 12.3. The van der Waals surface area contributed by atoms with Gasteiger partial charge < -0.3 is 14.8 Å². The number of nitrogens with one attached hydrogen (secondary N) is 1. The fraction of sp³-hybridized carbons (Fsp3) is 0.0500. The SMILES string of the molecule is O=C(Nc1ccc(-n2cnc3ccccc32)nc1)c1ccc2c(c1)OCO2. The molecule has 1 aliphatic rings. The topological polar surface area (TPSA) is 78.3 Å². The number of anilines is 1. The van der Waals surface area contributed by atoms with Gasteiger partial charge in [-0.15, -0.1) is 0 Å². The molecule has 7 heteroatoms. The van der Waals surface area contributed by atoms with Crippen molar-refractivity contribution >= 4 is 22.6 Å². The first-order chi connectivity index (χ1) is 13.3. The molecule has 2 aromatic heterocycles. The van der Waals surface area contributed by atoms with E-state index < -0.39 is 0 Å². The van der Waals surface area contributed by atoms with Crippen LogP contribution in [0.5, 0.6) is 11.5 Å². The summed E-state index contributed by atoms with van der Waals surface area (Å²) >= 11 is 0. The molecular formula is C20H14N4O3. The second-order valence-electron chi connectivity index (χ2n) is 6.03. The second-order valence-corrected chi connectivity index (χ2v) is 6.03. The summed E-state index contributed by atoms with van der Waals surface area (Å²) in [6.45, 7) is 0.175. The summed E-state index contributed by atoms with van der Waals surface area (Å²) < 4.78 is 12.5. The molecule has 5 rings (SSSR count). The van der Waals surface area contributed by atoms with Crippen LogP contribution in [0.2, 0.25) is 0 Å². The van der Waals surface area contributed by atoms with Gasteiger partial charge in [0.2, 0.25) is 6.79 Å². The first-order valence-electron chi connectivity index (χ1n) is 8.37. The number of benzene rings is 2. The average molecular weight is 358 g/mol. The van der Waals surface area contributed by atoms with Gasteiger partial charge in [0.1, 0.15) is 12.1 Å². The zero-order valence-electron chi connectivity index (χ0n) is 14.1. The Kier molecular flexibility index (Phi) is 3.50. The number of rotatable bonds is 3. The Morgan fingerprint density at radius 3 is 2.78 bits per heavy atom. The number of pyridine rings is 1. The smallest absolute Gasteiger partial charge is 0.255 e. The van der Waals surface area contributed by atoms with Crippen molar-refractivity contribution in [2.45, 2.75) is 0 Å². The van der Waals surface area contributed by atoms with E-state index in [0.717, 1.165) is 16.9 Å². The maximum absolute atomic E-state index is 12.5. The largest absolute Gasteiger partial charge is 0.454 e. The number of hydrogen-bond acceptors (Lipinski definition) is 5. The number of aromatic nitrogens is 3. The van der Waals surface area contributed by atoms with E-state index in [9.17, 15) is 4.79 Å². The number of carbonyl (C=O) groups is 1. The van der Waals surface area contributed by atoms with Crippen LogP contribution in [-0.2, 0) is 0 Å². The summed E-state index contributed by atoms with van der Waals surface area (Å²) in [4.78, 5) is 21.3. The molecule has 1 aliphatic heterocycles. The molecule has 3 heterocycles. The number of para-hydroxylation sites is 2. The van der Waals surface area contributed by atoms with E-state index in [1.54, 1.807) is 30.7 Å². The minimum atomic E-state index is -0.240. The fourth-order valence-electron chi connectivity index (χ4n) is 2.99. The maximum Gasteiger partial charge on any atom is 0.255 e. The molecule has 0 saturated carbocycles. The number of hydrogen-bond donors (Lipinski definition) is 1. The highest BCUT2D eigenvalue weighted by Gasteiger charge is 2.16. The summed E-state index contributed by atoms with van der Waals surface area (Å²) in [7, 11) is 0. The van der Waals surface area contributed by atoms with E-state index >= 15 is 0 Å². The van der Waals surface area contributed by atoms with Crippen LogP contribution >= 0.6 is 0 Å². The van der Waals surface area contributed by atoms with Crippen LogP contribution in [0.25, 0.3) is 16.9 Å². The van der Waals surface area contributed by atoms with Crippen molar-refractivity contribution < 1.29 is 14.3 Å². The zero-order valence-corrected chi connectivity index (χ0v) is 14.1. The summed E-state index contributed by atoms with van der Waals surface area (Å²) in [5, 5.41) is 2.84. The molecule has 1 N–H and O–H groups in total. The highest BCUT2D eigenvalue weighted by Crippen LogP contribution is 2.32. The first kappa shape index (κ1) is 15.4. The number of imidazole rings is 1. The third-order valence-corrected chi connectivity index (χ3v) is 4.34. The van der Waals surface area contributed by atoms with E-state index in [4.69, 9.17) is 9.47 Å². The van der Waals surface area contributed by atoms with Crippen LogP contribution in [0.15, 0.2) is 67.1 Å². The number of fused-ring (bicyclic) bond motifs is 2. The summed E-state index contributed by atoms with van der Waals surface area (Å²) in [5.74, 6) is 1.70. The molecule has 0 atom stereocenters. The van der Waals surface area contributed by atoms with Crippen molar-refractivity contribution in [3.63, 3.8) is 0 Å². The lowest BCUT2D eigenvalue weighted by molar-refractivity contribution is 0.102. The zero-order chi connectivity index (χ0) is 18.2. The predicted molar refractivity (Wildman–Crippen MR) is 99.4 cm³/mol. The van der Waals surface area contributed by atoms with E-state index in [-0.39, 0.29) is 12.7 Å². The van der Waals surface area contributed by atoms with E-state index in [2.05, 4.69) is 15.3 Å². The monoisotopic (exact) mass is 358 g/mol. The van der Waals surface area contributed by atoms with Gasteiger partial charge in [0.25, 0.3) is 5.91 Å². The van der Waals surface area contributed by atoms with Gasteiger partial charge >= 0.3 is 0 Å². The van der Waals surface area contributed by atoms with Crippen LogP contribution < -0.4 is 14.8 Å². The van der Waals surface area contributed by atoms with Crippen LogP contribution in [0.3, 0.4) is 0 Å². The Labute approximate surface area is 154 Å². The molecule has 132 valence electrons. The van der Waals surface area contributed by atoms with Gasteiger partial charge in [0.15, 0.2) is 11.5 Å². The van der Waals surface area contributed by atoms with E-state index in [1.807, 2.05) is 41.0 Å². The molecule has 0 radical (unpaired) electrons. The molecule has 0 bridgehead atoms. The lowest BCUT2D eigenvalue weighted by Crippen LogP contribution is -2.12. The van der Waals surface area contributed by atoms with Gasteiger partial charge in [0.05, 0.1) is 22.9 Å². The molecule has 0 unspecified atom stereocenters. The van der Waals surface area contributed by atoms with Crippen LogP contribution in [0.4, 0.5) is 5.69 Å². The third kappa shape index (κ3) is 2.75. The standard InChI is InChI=1S/C20H14N4O3/c25-20(13-5-7-17-18(9-13)27-12-26-17)23-14-6-8-19(21-10-14)24-11-22-15-3-1-2-4-16(15)24/h1-11H,12H2,(H,23,25). The minimum absolute atomic E-state index is 0.175. The number of ether oxygens (including phenoxy) is 2. The molecule has 7 nitrogen and oxygen atoms in total. The predicted octanol–water partition coefficient (Wildman–Crippen LogP) is 3.40. The Hall–Kier alpha value is -3.87. The highest BCUT2D eigenvalue weighted by atomic mass is 16.7. The van der Waals surface area contributed by atoms with E-state index in [1.165, 1.54) is 0 Å². The molecule has 2 aromatic carbocycles. The Morgan fingerprint density at radius 2 is 1.89 bits per heavy atom. The molecular weight excluding hydrogens is 344 g/mol. The van der Waals surface area contributed by atoms with Crippen molar-refractivity contribution in [1.29, 1.82) is 0 Å². The Balaban J connectivity index is 1.37. The number of nitrogens with zero attached hydrogens (tertiary/aromatic N) is 3. The van der Waals surface area contributed by atoms with Crippen molar-refractivity contribution in [2.75, 3.05) is 12.1 Å². The summed E-state index contributed by atoms with van der Waals surface area (Å²) in [5.41, 5.74) is 2.97. The lowest BCUT2D eigenvalue weighted by Gasteiger charge is -2.08. The Morgan fingerprint density at radius 1 is 1.00 bits per heavy atom. The highest BCUT2D eigenvalue weighted by molar-refractivity contribution is 6.04. The Bertz CT molecular complexity index is 1150. The van der Waals surface area contributed by atoms with Gasteiger partial charge in [-0.25, -0.2) is 9.97 Å². The molecule has 0 spiro atoms. The summed E-state index contributed by atoms with van der Waals surface area (Å²) in [6.07, 6.45) is 3.35. The van der Waals surface area contributed by atoms with Gasteiger partial charge in [-0.3, -0.25) is 9.36 Å². The van der Waals surface area contributed by atoms with Gasteiger partial charge in [-0.1, -0.05) is 12.1 Å². The van der Waals surface area contributed by atoms with Crippen LogP contribution in [0.1, 0.15) is 10.4 Å². The average Bonchev–Trinajstić information content (AvgIpc) is 3.35. The molecule has 0 saturated heterocycles. The lowest BCUT2D eigenvalue weighted by atomic mass is 10.2. The summed E-state index contributed by atoms with van der Waals surface area (Å²) in [6, 6.07) is 16.6. The van der Waals surface area contributed by atoms with Gasteiger partial charge in [-0.2, -0.15) is 0 Å². The first-order valence-corrected chi connectivity index (χ1v) is 8.37. The molecule has 27 heavy (non-hydrogen) atoms. The molecule has 0 fully saturated rings. The van der Waals surface area contributed by atoms with Crippen molar-refractivity contribution in [3.05, 3.63) is 72.7 Å². The van der Waals surface area contributed by atoms with Crippen molar-refractivity contribution in [1.82, 2.24) is 14.5 Å². The number of carbonyl (C=O) groups excluding carboxylic acids is 1. The van der Waals surface area contributed by atoms with Crippen molar-refractivity contribution in [3.8, 4) is 17.3 Å². The van der Waals surface area contributed by atoms with Crippen LogP contribution in [0, 0.1) is 0 Å². The maximum atomic E-state index is 12.5. The van der Waals surface area contributed by atoms with Gasteiger partial charge in [0, 0.05) is 5.56 Å². The number of amides is 1. The second kappa shape index (κ2) is 6.14. The molecule has 4 aromatic rings. The third-order valence-electron chi connectivity index (χ3n) is 4.34. The molecule has 0 aliphatic carbocycles. The molecule has 1 amide bonds. The van der Waals surface area contributed by atoms with E-state index in [0.29, 0.717) is 22.7 Å². The van der Waals surface area contributed by atoms with Crippen LogP contribution in [-0.4, -0.2) is 27.2 Å². The van der Waals surface area contributed by atoms with Gasteiger partial charge in [-0.05, 0) is 42.5 Å². The fourth-order valence-corrected chi connectivity index (χ4v) is 2.99. The quantitative estimate of drug-likeness (QED) is 0.607.